The van der Waals surface area contributed by atoms with E-state index in [0.29, 0.717) is 43.7 Å². The number of carbonyl (C=O) groups is 2. The van der Waals surface area contributed by atoms with E-state index in [1.807, 2.05) is 54.3 Å². The molecule has 6 heteroatoms. The van der Waals surface area contributed by atoms with Crippen molar-refractivity contribution < 1.29 is 14.3 Å². The molecule has 0 aliphatic carbocycles. The summed E-state index contributed by atoms with van der Waals surface area (Å²) < 4.78 is 5.27. The van der Waals surface area contributed by atoms with Crippen LogP contribution in [0.3, 0.4) is 0 Å². The fourth-order valence-electron chi connectivity index (χ4n) is 3.55. The predicted molar refractivity (Wildman–Crippen MR) is 107 cm³/mol. The molecule has 0 spiro atoms. The van der Waals surface area contributed by atoms with Crippen molar-refractivity contribution in [2.75, 3.05) is 26.8 Å². The van der Waals surface area contributed by atoms with Crippen LogP contribution in [-0.4, -0.2) is 54.0 Å². The number of rotatable bonds is 6. The molecule has 0 unspecified atom stereocenters. The summed E-state index contributed by atoms with van der Waals surface area (Å²) in [6, 6.07) is 12.9. The van der Waals surface area contributed by atoms with Gasteiger partial charge in [0.1, 0.15) is 0 Å². The Labute approximate surface area is 165 Å². The van der Waals surface area contributed by atoms with Gasteiger partial charge >= 0.3 is 0 Å². The first-order valence-electron chi connectivity index (χ1n) is 9.61. The summed E-state index contributed by atoms with van der Waals surface area (Å²) in [5.41, 5.74) is 1.76. The van der Waals surface area contributed by atoms with Crippen molar-refractivity contribution in [3.8, 4) is 0 Å². The largest absolute Gasteiger partial charge is 0.385 e. The second-order valence-electron chi connectivity index (χ2n) is 7.32. The number of likely N-dealkylation sites (tertiary alicyclic amines) is 1. The van der Waals surface area contributed by atoms with Crippen molar-refractivity contribution in [1.29, 1.82) is 0 Å². The predicted octanol–water partition coefficient (Wildman–Crippen LogP) is 2.83. The number of aromatic nitrogens is 1. The Balaban J connectivity index is 1.68. The van der Waals surface area contributed by atoms with E-state index in [1.54, 1.807) is 13.3 Å². The Morgan fingerprint density at radius 3 is 2.43 bits per heavy atom. The summed E-state index contributed by atoms with van der Waals surface area (Å²) in [5.74, 6) is -0.0959. The molecule has 0 saturated carbocycles. The van der Waals surface area contributed by atoms with Crippen molar-refractivity contribution in [2.24, 2.45) is 0 Å². The standard InChI is InChI=1S/C22H27N3O3/c1-17-8-9-19(16-23-17)21(27)25-13-10-22(11-14-25,12-15-28-2)24-20(26)18-6-4-3-5-7-18/h3-9,16H,10-15H2,1-2H3,(H,24,26). The smallest absolute Gasteiger partial charge is 0.255 e. The molecule has 2 heterocycles. The van der Waals surface area contributed by atoms with Crippen LogP contribution in [0, 0.1) is 6.92 Å². The van der Waals surface area contributed by atoms with Gasteiger partial charge in [-0.15, -0.1) is 0 Å². The highest BCUT2D eigenvalue weighted by atomic mass is 16.5. The highest BCUT2D eigenvalue weighted by molar-refractivity contribution is 5.95. The molecule has 1 fully saturated rings. The van der Waals surface area contributed by atoms with Gasteiger partial charge in [0.15, 0.2) is 0 Å². The zero-order valence-electron chi connectivity index (χ0n) is 16.5. The third kappa shape index (κ3) is 4.75. The summed E-state index contributed by atoms with van der Waals surface area (Å²) in [6.07, 6.45) is 3.73. The first kappa shape index (κ1) is 20.0. The van der Waals surface area contributed by atoms with Crippen molar-refractivity contribution in [1.82, 2.24) is 15.2 Å². The number of aryl methyl sites for hydroxylation is 1. The lowest BCUT2D eigenvalue weighted by atomic mass is 9.84. The molecule has 6 nitrogen and oxygen atoms in total. The van der Waals surface area contributed by atoms with Crippen molar-refractivity contribution in [2.45, 2.75) is 31.7 Å². The van der Waals surface area contributed by atoms with Crippen LogP contribution in [0.4, 0.5) is 0 Å². The number of hydrogen-bond donors (Lipinski definition) is 1. The van der Waals surface area contributed by atoms with Gasteiger partial charge in [0.2, 0.25) is 0 Å². The summed E-state index contributed by atoms with van der Waals surface area (Å²) >= 11 is 0. The maximum Gasteiger partial charge on any atom is 0.255 e. The SMILES string of the molecule is COCCC1(NC(=O)c2ccccc2)CCN(C(=O)c2ccc(C)nc2)CC1. The molecule has 1 aliphatic heterocycles. The number of amides is 2. The minimum Gasteiger partial charge on any atom is -0.385 e. The van der Waals surface area contributed by atoms with E-state index in [1.165, 1.54) is 0 Å². The Morgan fingerprint density at radius 2 is 1.82 bits per heavy atom. The fraction of sp³-hybridized carbons (Fsp3) is 0.409. The number of pyridine rings is 1. The molecule has 2 aromatic rings. The van der Waals surface area contributed by atoms with Gasteiger partial charge in [0.25, 0.3) is 11.8 Å². The van der Waals surface area contributed by atoms with Gasteiger partial charge in [-0.05, 0) is 50.5 Å². The van der Waals surface area contributed by atoms with Crippen LogP contribution in [0.15, 0.2) is 48.7 Å². The van der Waals surface area contributed by atoms with Crippen LogP contribution in [0.2, 0.25) is 0 Å². The lowest BCUT2D eigenvalue weighted by Gasteiger charge is -2.42. The monoisotopic (exact) mass is 381 g/mol. The Kier molecular flexibility index (Phi) is 6.41. The van der Waals surface area contributed by atoms with Crippen LogP contribution < -0.4 is 5.32 Å². The molecule has 1 aromatic carbocycles. The molecule has 0 atom stereocenters. The highest BCUT2D eigenvalue weighted by Gasteiger charge is 2.37. The lowest BCUT2D eigenvalue weighted by Crippen LogP contribution is -2.56. The van der Waals surface area contributed by atoms with E-state index in [0.717, 1.165) is 12.1 Å². The van der Waals surface area contributed by atoms with Crippen LogP contribution in [-0.2, 0) is 4.74 Å². The summed E-state index contributed by atoms with van der Waals surface area (Å²) in [5, 5.41) is 3.22. The number of ether oxygens (including phenoxy) is 1. The maximum atomic E-state index is 12.8. The normalized spacial score (nSPS) is 15.9. The number of methoxy groups -OCH3 is 1. The van der Waals surface area contributed by atoms with Crippen molar-refractivity contribution in [3.05, 3.63) is 65.5 Å². The fourth-order valence-corrected chi connectivity index (χ4v) is 3.55. The second-order valence-corrected chi connectivity index (χ2v) is 7.32. The van der Waals surface area contributed by atoms with E-state index < -0.39 is 0 Å². The van der Waals surface area contributed by atoms with E-state index >= 15 is 0 Å². The van der Waals surface area contributed by atoms with Gasteiger partial charge in [-0.25, -0.2) is 0 Å². The number of nitrogens with zero attached hydrogens (tertiary/aromatic N) is 2. The highest BCUT2D eigenvalue weighted by Crippen LogP contribution is 2.27. The zero-order chi connectivity index (χ0) is 20.0. The second kappa shape index (κ2) is 8.97. The summed E-state index contributed by atoms with van der Waals surface area (Å²) in [4.78, 5) is 31.5. The lowest BCUT2D eigenvalue weighted by molar-refractivity contribution is 0.0558. The van der Waals surface area contributed by atoms with Gasteiger partial charge in [0.05, 0.1) is 5.56 Å². The molecular formula is C22H27N3O3. The average Bonchev–Trinajstić information content (AvgIpc) is 2.73. The molecule has 0 radical (unpaired) electrons. The van der Waals surface area contributed by atoms with Crippen molar-refractivity contribution >= 4 is 11.8 Å². The quantitative estimate of drug-likeness (QED) is 0.835. The van der Waals surface area contributed by atoms with Gasteiger partial charge in [-0.3, -0.25) is 14.6 Å². The topological polar surface area (TPSA) is 71.5 Å². The Morgan fingerprint density at radius 1 is 1.11 bits per heavy atom. The molecule has 1 aliphatic rings. The van der Waals surface area contributed by atoms with Gasteiger partial charge in [-0.2, -0.15) is 0 Å². The average molecular weight is 381 g/mol. The molecule has 148 valence electrons. The molecule has 2 amide bonds. The minimum atomic E-state index is -0.370. The molecule has 1 saturated heterocycles. The van der Waals surface area contributed by atoms with E-state index in [9.17, 15) is 9.59 Å². The Hall–Kier alpha value is -2.73. The third-order valence-electron chi connectivity index (χ3n) is 5.37. The van der Waals surface area contributed by atoms with Crippen LogP contribution >= 0.6 is 0 Å². The Bertz CT molecular complexity index is 798. The number of carbonyl (C=O) groups excluding carboxylic acids is 2. The number of benzene rings is 1. The number of piperidine rings is 1. The number of nitrogens with one attached hydrogen (secondary N) is 1. The zero-order valence-corrected chi connectivity index (χ0v) is 16.5. The van der Waals surface area contributed by atoms with Gasteiger partial charge in [0, 0.05) is 49.8 Å². The molecule has 1 N–H and O–H groups in total. The summed E-state index contributed by atoms with van der Waals surface area (Å²) in [7, 11) is 1.66. The number of hydrogen-bond acceptors (Lipinski definition) is 4. The first-order valence-corrected chi connectivity index (χ1v) is 9.61. The van der Waals surface area contributed by atoms with E-state index in [2.05, 4.69) is 10.3 Å². The first-order chi connectivity index (χ1) is 13.5. The molecule has 3 rings (SSSR count). The third-order valence-corrected chi connectivity index (χ3v) is 5.37. The molecule has 28 heavy (non-hydrogen) atoms. The van der Waals surface area contributed by atoms with E-state index in [4.69, 9.17) is 4.74 Å². The van der Waals surface area contributed by atoms with Gasteiger partial charge in [-0.1, -0.05) is 18.2 Å². The van der Waals surface area contributed by atoms with Crippen LogP contribution in [0.1, 0.15) is 45.7 Å². The molecular weight excluding hydrogens is 354 g/mol. The molecule has 1 aromatic heterocycles. The molecule has 0 bridgehead atoms. The summed E-state index contributed by atoms with van der Waals surface area (Å²) in [6.45, 7) is 3.64. The van der Waals surface area contributed by atoms with Crippen molar-refractivity contribution in [3.63, 3.8) is 0 Å². The van der Waals surface area contributed by atoms with Crippen LogP contribution in [0.5, 0.6) is 0 Å². The minimum absolute atomic E-state index is 0.0118. The maximum absolute atomic E-state index is 12.8. The van der Waals surface area contributed by atoms with Gasteiger partial charge < -0.3 is 15.0 Å². The van der Waals surface area contributed by atoms with E-state index in [-0.39, 0.29) is 17.4 Å². The van der Waals surface area contributed by atoms with Crippen LogP contribution in [0.25, 0.3) is 0 Å².